The molecule has 0 radical (unpaired) electrons. The zero-order chi connectivity index (χ0) is 19.9. The third-order valence-corrected chi connectivity index (χ3v) is 4.27. The highest BCUT2D eigenvalue weighted by atomic mass is 35.5. The van der Waals surface area contributed by atoms with Gasteiger partial charge in [-0.05, 0) is 54.6 Å². The first-order valence-corrected chi connectivity index (χ1v) is 9.31. The maximum absolute atomic E-state index is 5.97. The summed E-state index contributed by atoms with van der Waals surface area (Å²) < 4.78 is 1.79. The zero-order valence-corrected chi connectivity index (χ0v) is 16.1. The molecule has 0 saturated heterocycles. The van der Waals surface area contributed by atoms with Crippen molar-refractivity contribution in [2.75, 3.05) is 0 Å². The number of pyridine rings is 2. The van der Waals surface area contributed by atoms with Crippen LogP contribution in [-0.4, -0.2) is 29.9 Å². The van der Waals surface area contributed by atoms with Gasteiger partial charge in [0.2, 0.25) is 0 Å². The summed E-state index contributed by atoms with van der Waals surface area (Å²) >= 11 is 5.97. The van der Waals surface area contributed by atoms with Gasteiger partial charge in [-0.25, -0.2) is 4.68 Å². The molecule has 0 unspecified atom stereocenters. The molecule has 5 aromatic rings. The molecule has 6 nitrogen and oxygen atoms in total. The summed E-state index contributed by atoms with van der Waals surface area (Å²) in [5.41, 5.74) is 4.51. The number of nitrogens with zero attached hydrogens (tertiary/aromatic N) is 5. The Morgan fingerprint density at radius 2 is 1.52 bits per heavy atom. The van der Waals surface area contributed by atoms with Crippen LogP contribution in [-0.2, 0) is 0 Å². The molecule has 7 heteroatoms. The predicted molar refractivity (Wildman–Crippen MR) is 114 cm³/mol. The molecule has 4 heterocycles. The van der Waals surface area contributed by atoms with Crippen molar-refractivity contribution in [1.82, 2.24) is 29.9 Å². The number of halogens is 1. The lowest BCUT2D eigenvalue weighted by atomic mass is 10.3. The fourth-order valence-electron chi connectivity index (χ4n) is 2.66. The van der Waals surface area contributed by atoms with Gasteiger partial charge in [-0.15, -0.1) is 0 Å². The van der Waals surface area contributed by atoms with Crippen LogP contribution < -0.4 is 0 Å². The molecule has 5 rings (SSSR count). The Kier molecular flexibility index (Phi) is 5.73. The maximum atomic E-state index is 5.97. The number of rotatable bonds is 3. The summed E-state index contributed by atoms with van der Waals surface area (Å²) in [4.78, 5) is 8.42. The third-order valence-electron chi connectivity index (χ3n) is 4.03. The van der Waals surface area contributed by atoms with E-state index in [9.17, 15) is 0 Å². The summed E-state index contributed by atoms with van der Waals surface area (Å²) in [6.07, 6.45) is 7.13. The second-order valence-electron chi connectivity index (χ2n) is 6.03. The van der Waals surface area contributed by atoms with Crippen LogP contribution in [0.15, 0.2) is 97.6 Å². The second-order valence-corrected chi connectivity index (χ2v) is 6.46. The van der Waals surface area contributed by atoms with Crippen LogP contribution in [0.1, 0.15) is 0 Å². The fourth-order valence-corrected chi connectivity index (χ4v) is 2.84. The molecule has 4 aromatic heterocycles. The molecule has 1 N–H and O–H groups in total. The highest BCUT2D eigenvalue weighted by Gasteiger charge is 2.04. The lowest BCUT2D eigenvalue weighted by molar-refractivity contribution is 0.882. The number of aromatic amines is 1. The van der Waals surface area contributed by atoms with Crippen molar-refractivity contribution >= 4 is 11.6 Å². The van der Waals surface area contributed by atoms with Crippen LogP contribution in [0, 0.1) is 0 Å². The molecular weight excluding hydrogens is 384 g/mol. The van der Waals surface area contributed by atoms with E-state index in [-0.39, 0.29) is 0 Å². The van der Waals surface area contributed by atoms with Gasteiger partial charge in [0.15, 0.2) is 0 Å². The van der Waals surface area contributed by atoms with E-state index < -0.39 is 0 Å². The van der Waals surface area contributed by atoms with Crippen molar-refractivity contribution in [2.24, 2.45) is 0 Å². The van der Waals surface area contributed by atoms with Gasteiger partial charge in [-0.2, -0.15) is 10.2 Å². The Morgan fingerprint density at radius 1 is 0.724 bits per heavy atom. The minimum atomic E-state index is 0.697. The second kappa shape index (κ2) is 8.95. The number of aromatic nitrogens is 6. The predicted octanol–water partition coefficient (Wildman–Crippen LogP) is 5.06. The summed E-state index contributed by atoms with van der Waals surface area (Å²) in [6.45, 7) is 0. The smallest absolute Gasteiger partial charge is 0.111 e. The van der Waals surface area contributed by atoms with Crippen molar-refractivity contribution < 1.29 is 0 Å². The average molecular weight is 401 g/mol. The van der Waals surface area contributed by atoms with Crippen molar-refractivity contribution in [3.8, 4) is 28.5 Å². The highest BCUT2D eigenvalue weighted by Crippen LogP contribution is 2.18. The summed E-state index contributed by atoms with van der Waals surface area (Å²) in [5.74, 6) is 0. The molecule has 1 aromatic carbocycles. The summed E-state index contributed by atoms with van der Waals surface area (Å²) in [7, 11) is 0. The van der Waals surface area contributed by atoms with Crippen LogP contribution in [0.4, 0.5) is 0 Å². The zero-order valence-electron chi connectivity index (χ0n) is 15.4. The Balaban J connectivity index is 0.000000159. The van der Waals surface area contributed by atoms with E-state index >= 15 is 0 Å². The Hall–Kier alpha value is -3.77. The molecule has 0 aliphatic carbocycles. The Morgan fingerprint density at radius 3 is 2.17 bits per heavy atom. The van der Waals surface area contributed by atoms with Gasteiger partial charge in [0, 0.05) is 29.8 Å². The Labute approximate surface area is 172 Å². The lowest BCUT2D eigenvalue weighted by Gasteiger charge is -2.01. The minimum absolute atomic E-state index is 0.697. The number of hydrogen-bond acceptors (Lipinski definition) is 4. The van der Waals surface area contributed by atoms with Gasteiger partial charge >= 0.3 is 0 Å². The normalized spacial score (nSPS) is 10.2. The number of hydrogen-bond donors (Lipinski definition) is 1. The molecule has 29 heavy (non-hydrogen) atoms. The molecule has 0 atom stereocenters. The first-order valence-electron chi connectivity index (χ1n) is 8.93. The first-order chi connectivity index (χ1) is 14.3. The molecular formula is C22H17ClN6. The van der Waals surface area contributed by atoms with Gasteiger partial charge in [-0.3, -0.25) is 15.1 Å². The van der Waals surface area contributed by atoms with E-state index in [1.54, 1.807) is 23.3 Å². The van der Waals surface area contributed by atoms with E-state index in [2.05, 4.69) is 25.3 Å². The van der Waals surface area contributed by atoms with Gasteiger partial charge < -0.3 is 0 Å². The minimum Gasteiger partial charge on any atom is -0.276 e. The van der Waals surface area contributed by atoms with Crippen LogP contribution in [0.2, 0.25) is 5.02 Å². The molecule has 0 aliphatic heterocycles. The van der Waals surface area contributed by atoms with E-state index in [0.717, 1.165) is 28.5 Å². The van der Waals surface area contributed by atoms with Crippen LogP contribution in [0.5, 0.6) is 0 Å². The monoisotopic (exact) mass is 400 g/mol. The molecule has 0 aliphatic rings. The summed E-state index contributed by atoms with van der Waals surface area (Å²) in [6, 6.07) is 22.9. The van der Waals surface area contributed by atoms with Crippen LogP contribution in [0.3, 0.4) is 0 Å². The largest absolute Gasteiger partial charge is 0.276 e. The van der Waals surface area contributed by atoms with E-state index in [1.165, 1.54) is 0 Å². The average Bonchev–Trinajstić information content (AvgIpc) is 3.48. The van der Waals surface area contributed by atoms with Gasteiger partial charge in [0.05, 0.1) is 22.8 Å². The number of H-pyrrole nitrogens is 1. The van der Waals surface area contributed by atoms with Crippen molar-refractivity contribution in [3.05, 3.63) is 103 Å². The molecule has 0 bridgehead atoms. The van der Waals surface area contributed by atoms with Gasteiger partial charge in [0.1, 0.15) is 5.69 Å². The quantitative estimate of drug-likeness (QED) is 0.459. The third kappa shape index (κ3) is 4.75. The standard InChI is InChI=1S/C14H10ClN3.C8H7N3/c15-11-4-3-5-12(10-11)18-9-7-14(17-18)13-6-1-2-8-16-13;1-2-5-9-7(3-1)8-4-6-10-11-8/h1-10H;1-6H,(H,10,11). The molecule has 0 amide bonds. The molecule has 0 fully saturated rings. The lowest BCUT2D eigenvalue weighted by Crippen LogP contribution is -1.94. The van der Waals surface area contributed by atoms with Crippen molar-refractivity contribution in [2.45, 2.75) is 0 Å². The molecule has 142 valence electrons. The van der Waals surface area contributed by atoms with Crippen LogP contribution >= 0.6 is 11.6 Å². The van der Waals surface area contributed by atoms with E-state index in [0.29, 0.717) is 5.02 Å². The van der Waals surface area contributed by atoms with Crippen molar-refractivity contribution in [3.63, 3.8) is 0 Å². The fraction of sp³-hybridized carbons (Fsp3) is 0. The SMILES string of the molecule is Clc1cccc(-n2ccc(-c3ccccn3)n2)c1.c1ccc(-c2ccn[nH]2)nc1. The maximum Gasteiger partial charge on any atom is 0.111 e. The van der Waals surface area contributed by atoms with E-state index in [4.69, 9.17) is 11.6 Å². The van der Waals surface area contributed by atoms with Gasteiger partial charge in [-0.1, -0.05) is 29.8 Å². The van der Waals surface area contributed by atoms with Crippen LogP contribution in [0.25, 0.3) is 28.5 Å². The van der Waals surface area contributed by atoms with Crippen molar-refractivity contribution in [1.29, 1.82) is 0 Å². The molecule has 0 saturated carbocycles. The van der Waals surface area contributed by atoms with E-state index in [1.807, 2.05) is 79.0 Å². The first kappa shape index (κ1) is 18.6. The summed E-state index contributed by atoms with van der Waals surface area (Å²) in [5, 5.41) is 11.9. The molecule has 0 spiro atoms. The number of benzene rings is 1. The number of nitrogens with one attached hydrogen (secondary N) is 1. The Bertz CT molecular complexity index is 1150. The van der Waals surface area contributed by atoms with Gasteiger partial charge in [0.25, 0.3) is 0 Å². The topological polar surface area (TPSA) is 72.3 Å². The highest BCUT2D eigenvalue weighted by molar-refractivity contribution is 6.30.